The minimum absolute atomic E-state index is 0. The van der Waals surface area contributed by atoms with Gasteiger partial charge in [0.2, 0.25) is 6.10 Å². The molecule has 2 aromatic rings. The van der Waals surface area contributed by atoms with E-state index < -0.39 is 6.10 Å². The molecule has 1 aliphatic heterocycles. The van der Waals surface area contributed by atoms with Gasteiger partial charge in [0.05, 0.1) is 0 Å². The maximum absolute atomic E-state index is 13.9. The number of hydrogen-bond donors (Lipinski definition) is 2. The van der Waals surface area contributed by atoms with Gasteiger partial charge in [-0.05, 0) is 23.8 Å². The fraction of sp³-hybridized carbons (Fsp3) is 0.235. The van der Waals surface area contributed by atoms with E-state index in [1.165, 1.54) is 6.07 Å². The maximum Gasteiger partial charge on any atom is 0.264 e. The van der Waals surface area contributed by atoms with E-state index in [0.717, 1.165) is 0 Å². The molecule has 5 nitrogen and oxygen atoms in total. The first kappa shape index (κ1) is 18.0. The Morgan fingerprint density at radius 1 is 1.25 bits per heavy atom. The van der Waals surface area contributed by atoms with Gasteiger partial charge in [-0.25, -0.2) is 4.39 Å². The van der Waals surface area contributed by atoms with Crippen LogP contribution in [0.2, 0.25) is 0 Å². The average molecular weight is 353 g/mol. The second kappa shape index (κ2) is 7.99. The van der Waals surface area contributed by atoms with Crippen LogP contribution in [0.4, 0.5) is 4.39 Å². The average Bonchev–Trinajstić information content (AvgIpc) is 2.59. The summed E-state index contributed by atoms with van der Waals surface area (Å²) < 4.78 is 25.0. The lowest BCUT2D eigenvalue weighted by Gasteiger charge is -2.25. The molecule has 0 aliphatic carbocycles. The Kier molecular flexibility index (Phi) is 6.00. The third-order valence-corrected chi connectivity index (χ3v) is 3.61. The van der Waals surface area contributed by atoms with Gasteiger partial charge in [0, 0.05) is 18.7 Å². The number of carbonyl (C=O) groups excluding carboxylic acids is 1. The number of benzene rings is 2. The Hall–Kier alpha value is -2.31. The summed E-state index contributed by atoms with van der Waals surface area (Å²) in [5.41, 5.74) is 6.56. The molecule has 0 saturated heterocycles. The molecule has 2 aromatic carbocycles. The highest BCUT2D eigenvalue weighted by Crippen LogP contribution is 2.30. The molecule has 24 heavy (non-hydrogen) atoms. The molecule has 1 amide bonds. The summed E-state index contributed by atoms with van der Waals surface area (Å²) in [6, 6.07) is 11.9. The van der Waals surface area contributed by atoms with Crippen LogP contribution >= 0.6 is 12.4 Å². The van der Waals surface area contributed by atoms with E-state index in [1.807, 2.05) is 6.07 Å². The highest BCUT2D eigenvalue weighted by Gasteiger charge is 2.27. The van der Waals surface area contributed by atoms with Crippen molar-refractivity contribution < 1.29 is 18.7 Å². The molecule has 0 aromatic heterocycles. The molecule has 128 valence electrons. The Bertz CT molecular complexity index is 727. The molecular formula is C17H18ClFN2O3. The van der Waals surface area contributed by atoms with Gasteiger partial charge in [0.25, 0.3) is 5.91 Å². The Morgan fingerprint density at radius 2 is 2.00 bits per heavy atom. The first-order valence-electron chi connectivity index (χ1n) is 7.31. The standard InChI is InChI=1S/C17H17FN2O3.ClH/c18-13-7-11(8-19)5-6-12(13)9-20-17(21)16-10-22-14-3-1-2-4-15(14)23-16;/h1-7,16H,8-10,19H2,(H,20,21);1H. The van der Waals surface area contributed by atoms with E-state index in [9.17, 15) is 9.18 Å². The Labute approximate surface area is 145 Å². The van der Waals surface area contributed by atoms with Crippen LogP contribution in [0.25, 0.3) is 0 Å². The molecule has 0 fully saturated rings. The van der Waals surface area contributed by atoms with Crippen LogP contribution in [0.5, 0.6) is 11.5 Å². The predicted octanol–water partition coefficient (Wildman–Crippen LogP) is 2.16. The first-order chi connectivity index (χ1) is 11.2. The second-order valence-corrected chi connectivity index (χ2v) is 5.21. The first-order valence-corrected chi connectivity index (χ1v) is 7.31. The molecule has 3 rings (SSSR count). The predicted molar refractivity (Wildman–Crippen MR) is 89.7 cm³/mol. The summed E-state index contributed by atoms with van der Waals surface area (Å²) in [5.74, 6) is 0.401. The van der Waals surface area contributed by atoms with Crippen molar-refractivity contribution >= 4 is 18.3 Å². The van der Waals surface area contributed by atoms with Crippen molar-refractivity contribution in [2.75, 3.05) is 6.61 Å². The summed E-state index contributed by atoms with van der Waals surface area (Å²) in [7, 11) is 0. The number of nitrogens with two attached hydrogens (primary N) is 1. The van der Waals surface area contributed by atoms with E-state index in [0.29, 0.717) is 22.6 Å². The van der Waals surface area contributed by atoms with Crippen LogP contribution in [0.1, 0.15) is 11.1 Å². The summed E-state index contributed by atoms with van der Waals surface area (Å²) in [5, 5.41) is 2.66. The lowest BCUT2D eigenvalue weighted by molar-refractivity contribution is -0.130. The third-order valence-electron chi connectivity index (χ3n) is 3.61. The number of halogens is 2. The van der Waals surface area contributed by atoms with Crippen molar-refractivity contribution in [3.8, 4) is 11.5 Å². The van der Waals surface area contributed by atoms with Gasteiger partial charge in [-0.2, -0.15) is 0 Å². The highest BCUT2D eigenvalue weighted by molar-refractivity contribution is 5.85. The van der Waals surface area contributed by atoms with E-state index in [4.69, 9.17) is 15.2 Å². The zero-order valence-electron chi connectivity index (χ0n) is 12.8. The molecular weight excluding hydrogens is 335 g/mol. The third kappa shape index (κ3) is 3.96. The maximum atomic E-state index is 13.9. The van der Waals surface area contributed by atoms with Gasteiger partial charge in [0.15, 0.2) is 11.5 Å². The topological polar surface area (TPSA) is 73.6 Å². The second-order valence-electron chi connectivity index (χ2n) is 5.21. The largest absolute Gasteiger partial charge is 0.485 e. The molecule has 1 heterocycles. The lowest BCUT2D eigenvalue weighted by atomic mass is 10.1. The van der Waals surface area contributed by atoms with Crippen LogP contribution in [-0.2, 0) is 17.9 Å². The number of hydrogen-bond acceptors (Lipinski definition) is 4. The molecule has 1 atom stereocenters. The zero-order chi connectivity index (χ0) is 16.2. The highest BCUT2D eigenvalue weighted by atomic mass is 35.5. The van der Waals surface area contributed by atoms with Gasteiger partial charge in [-0.3, -0.25) is 4.79 Å². The molecule has 1 aliphatic rings. The Balaban J connectivity index is 0.00000208. The molecule has 3 N–H and O–H groups in total. The number of fused-ring (bicyclic) bond motifs is 1. The number of nitrogens with one attached hydrogen (secondary N) is 1. The minimum Gasteiger partial charge on any atom is -0.485 e. The summed E-state index contributed by atoms with van der Waals surface area (Å²) >= 11 is 0. The number of amides is 1. The van der Waals surface area contributed by atoms with Crippen molar-refractivity contribution in [1.82, 2.24) is 5.32 Å². The number of rotatable bonds is 4. The molecule has 0 spiro atoms. The molecule has 0 radical (unpaired) electrons. The number of carbonyl (C=O) groups is 1. The van der Waals surface area contributed by atoms with Crippen molar-refractivity contribution in [2.24, 2.45) is 5.73 Å². The van der Waals surface area contributed by atoms with E-state index >= 15 is 0 Å². The SMILES string of the molecule is Cl.NCc1ccc(CNC(=O)C2COc3ccccc3O2)c(F)c1. The van der Waals surface area contributed by atoms with Crippen LogP contribution in [0.3, 0.4) is 0 Å². The number of ether oxygens (including phenoxy) is 2. The van der Waals surface area contributed by atoms with Gasteiger partial charge in [-0.15, -0.1) is 12.4 Å². The van der Waals surface area contributed by atoms with Crippen LogP contribution in [0.15, 0.2) is 42.5 Å². The van der Waals surface area contributed by atoms with E-state index in [1.54, 1.807) is 30.3 Å². The quantitative estimate of drug-likeness (QED) is 0.884. The van der Waals surface area contributed by atoms with Gasteiger partial charge in [-0.1, -0.05) is 24.3 Å². The molecule has 1 unspecified atom stereocenters. The van der Waals surface area contributed by atoms with Crippen LogP contribution in [0, 0.1) is 5.82 Å². The summed E-state index contributed by atoms with van der Waals surface area (Å²) in [6.07, 6.45) is -0.753. The van der Waals surface area contributed by atoms with E-state index in [-0.39, 0.29) is 43.8 Å². The Morgan fingerprint density at radius 3 is 2.71 bits per heavy atom. The zero-order valence-corrected chi connectivity index (χ0v) is 13.6. The fourth-order valence-corrected chi connectivity index (χ4v) is 2.31. The van der Waals surface area contributed by atoms with E-state index in [2.05, 4.69) is 5.32 Å². The number of para-hydroxylation sites is 2. The fourth-order valence-electron chi connectivity index (χ4n) is 2.31. The van der Waals surface area contributed by atoms with Gasteiger partial charge < -0.3 is 20.5 Å². The molecule has 7 heteroatoms. The minimum atomic E-state index is -0.753. The smallest absolute Gasteiger partial charge is 0.264 e. The molecule has 0 saturated carbocycles. The van der Waals surface area contributed by atoms with Crippen molar-refractivity contribution in [3.63, 3.8) is 0 Å². The monoisotopic (exact) mass is 352 g/mol. The van der Waals surface area contributed by atoms with Crippen molar-refractivity contribution in [3.05, 3.63) is 59.4 Å². The van der Waals surface area contributed by atoms with Crippen LogP contribution < -0.4 is 20.5 Å². The van der Waals surface area contributed by atoms with Gasteiger partial charge in [0.1, 0.15) is 12.4 Å². The van der Waals surface area contributed by atoms with Crippen molar-refractivity contribution in [1.29, 1.82) is 0 Å². The van der Waals surface area contributed by atoms with Crippen molar-refractivity contribution in [2.45, 2.75) is 19.2 Å². The summed E-state index contributed by atoms with van der Waals surface area (Å²) in [6.45, 7) is 0.477. The normalized spacial score (nSPS) is 15.3. The van der Waals surface area contributed by atoms with Gasteiger partial charge >= 0.3 is 0 Å². The van der Waals surface area contributed by atoms with Crippen LogP contribution in [-0.4, -0.2) is 18.6 Å². The molecule has 0 bridgehead atoms. The lowest BCUT2D eigenvalue weighted by Crippen LogP contribution is -2.43. The summed E-state index contributed by atoms with van der Waals surface area (Å²) in [4.78, 5) is 12.2.